The molecule has 1 aromatic carbocycles. The summed E-state index contributed by atoms with van der Waals surface area (Å²) in [6.45, 7) is 10.1. The summed E-state index contributed by atoms with van der Waals surface area (Å²) in [6, 6.07) is 8.98. The smallest absolute Gasteiger partial charge is 0.309 e. The second-order valence-electron chi connectivity index (χ2n) is 6.92. The van der Waals surface area contributed by atoms with Gasteiger partial charge in [-0.15, -0.1) is 0 Å². The minimum Gasteiger partial charge on any atom is -0.309 e. The average molecular weight is 528 g/mol. The van der Waals surface area contributed by atoms with Crippen molar-refractivity contribution in [1.29, 1.82) is 0 Å². The Bertz CT molecular complexity index is 772. The Morgan fingerprint density at radius 2 is 0.970 bits per heavy atom. The van der Waals surface area contributed by atoms with E-state index < -0.39 is 33.8 Å². The molecule has 0 spiro atoms. The summed E-state index contributed by atoms with van der Waals surface area (Å²) in [5.41, 5.74) is 0.663. The fraction of sp³-hybridized carbons (Fsp3) is 0.714. The molecule has 0 radical (unpaired) electrons. The molecule has 0 amide bonds. The normalized spacial score (nSPS) is 13.4. The topological polar surface area (TPSA) is 107 Å². The van der Waals surface area contributed by atoms with Gasteiger partial charge in [-0.2, -0.15) is 0 Å². The maximum absolute atomic E-state index is 14.5. The molecule has 0 bridgehead atoms. The van der Waals surface area contributed by atoms with E-state index in [1.165, 1.54) is 0 Å². The molecule has 1 aromatic rings. The molecular formula is C21H39O9P3. The van der Waals surface area contributed by atoms with Gasteiger partial charge in [-0.25, -0.2) is 0 Å². The Morgan fingerprint density at radius 3 is 1.30 bits per heavy atom. The van der Waals surface area contributed by atoms with E-state index in [1.54, 1.807) is 65.8 Å². The van der Waals surface area contributed by atoms with Gasteiger partial charge in [0.15, 0.2) is 4.90 Å². The molecule has 0 fully saturated rings. The van der Waals surface area contributed by atoms with Gasteiger partial charge in [-0.05, 0) is 47.1 Å². The number of rotatable bonds is 18. The maximum atomic E-state index is 14.5. The lowest BCUT2D eigenvalue weighted by atomic mass is 10.1. The third-order valence-corrected chi connectivity index (χ3v) is 13.9. The minimum atomic E-state index is -4.30. The van der Waals surface area contributed by atoms with Gasteiger partial charge in [0.25, 0.3) is 0 Å². The highest BCUT2D eigenvalue weighted by Crippen LogP contribution is 2.81. The predicted octanol–water partition coefficient (Wildman–Crippen LogP) is 6.72. The molecular weight excluding hydrogens is 489 g/mol. The monoisotopic (exact) mass is 528 g/mol. The summed E-state index contributed by atoms with van der Waals surface area (Å²) >= 11 is 0. The van der Waals surface area contributed by atoms with E-state index in [2.05, 4.69) is 0 Å². The van der Waals surface area contributed by atoms with Crippen molar-refractivity contribution in [2.45, 2.75) is 52.9 Å². The summed E-state index contributed by atoms with van der Waals surface area (Å²) < 4.78 is 76.8. The largest absolute Gasteiger partial charge is 0.349 e. The van der Waals surface area contributed by atoms with Gasteiger partial charge in [0.05, 0.1) is 45.8 Å². The van der Waals surface area contributed by atoms with Crippen molar-refractivity contribution in [3.63, 3.8) is 0 Å². The van der Waals surface area contributed by atoms with Gasteiger partial charge in [0.1, 0.15) is 0 Å². The lowest BCUT2D eigenvalue weighted by Crippen LogP contribution is -2.40. The van der Waals surface area contributed by atoms with Crippen molar-refractivity contribution < 1.29 is 40.8 Å². The molecule has 0 aliphatic rings. The SMILES string of the molecule is CCOP(=O)(CC(Cc1ccccc1)(P(=O)(OCC)OCC)P(=O)(OCC)OCC)OCC. The molecule has 0 unspecified atom stereocenters. The van der Waals surface area contributed by atoms with Crippen LogP contribution in [0.3, 0.4) is 0 Å². The summed E-state index contributed by atoms with van der Waals surface area (Å²) in [5.74, 6) is 0. The zero-order valence-electron chi connectivity index (χ0n) is 20.6. The predicted molar refractivity (Wildman–Crippen MR) is 130 cm³/mol. The van der Waals surface area contributed by atoms with Crippen molar-refractivity contribution >= 4 is 22.8 Å². The zero-order chi connectivity index (χ0) is 25.0. The molecule has 12 heteroatoms. The first-order chi connectivity index (χ1) is 15.6. The van der Waals surface area contributed by atoms with Crippen LogP contribution < -0.4 is 0 Å². The molecule has 0 atom stereocenters. The molecule has 0 aliphatic heterocycles. The lowest BCUT2D eigenvalue weighted by molar-refractivity contribution is 0.172. The first kappa shape index (κ1) is 30.7. The Labute approximate surface area is 198 Å². The molecule has 0 N–H and O–H groups in total. The van der Waals surface area contributed by atoms with Gasteiger partial charge in [-0.1, -0.05) is 30.3 Å². The van der Waals surface area contributed by atoms with Crippen molar-refractivity contribution in [1.82, 2.24) is 0 Å². The van der Waals surface area contributed by atoms with Gasteiger partial charge >= 0.3 is 22.8 Å². The molecule has 0 aromatic heterocycles. The first-order valence-corrected chi connectivity index (χ1v) is 16.2. The van der Waals surface area contributed by atoms with Crippen LogP contribution in [-0.4, -0.2) is 50.7 Å². The van der Waals surface area contributed by atoms with Crippen LogP contribution in [0, 0.1) is 0 Å². The van der Waals surface area contributed by atoms with Crippen molar-refractivity contribution in [3.05, 3.63) is 35.9 Å². The Balaban J connectivity index is 4.01. The minimum absolute atomic E-state index is 0.000358. The van der Waals surface area contributed by atoms with E-state index in [4.69, 9.17) is 27.1 Å². The molecule has 0 saturated carbocycles. The summed E-state index contributed by atoms with van der Waals surface area (Å²) in [4.78, 5) is -1.99. The van der Waals surface area contributed by atoms with Crippen LogP contribution in [0.4, 0.5) is 0 Å². The van der Waals surface area contributed by atoms with Crippen LogP contribution in [0.25, 0.3) is 0 Å². The molecule has 0 saturated heterocycles. The van der Waals surface area contributed by atoms with Crippen LogP contribution >= 0.6 is 22.8 Å². The van der Waals surface area contributed by atoms with Gasteiger partial charge in [0.2, 0.25) is 0 Å². The van der Waals surface area contributed by atoms with E-state index in [9.17, 15) is 13.7 Å². The molecule has 192 valence electrons. The van der Waals surface area contributed by atoms with E-state index in [-0.39, 0.29) is 46.1 Å². The summed E-state index contributed by atoms with van der Waals surface area (Å²) in [5, 5.41) is 0. The van der Waals surface area contributed by atoms with Crippen LogP contribution in [0.15, 0.2) is 30.3 Å². The second-order valence-corrected chi connectivity index (χ2v) is 14.1. The molecule has 1 rings (SSSR count). The zero-order valence-corrected chi connectivity index (χ0v) is 23.2. The molecule has 33 heavy (non-hydrogen) atoms. The van der Waals surface area contributed by atoms with Crippen molar-refractivity contribution in [3.8, 4) is 0 Å². The molecule has 9 nitrogen and oxygen atoms in total. The summed E-state index contributed by atoms with van der Waals surface area (Å²) in [7, 11) is -12.5. The summed E-state index contributed by atoms with van der Waals surface area (Å²) in [6.07, 6.45) is -0.655. The lowest BCUT2D eigenvalue weighted by Gasteiger charge is -2.43. The standard InChI is InChI=1S/C21H39O9P3/c1-7-25-31(22,26-8-2)19-21(18-20-16-14-13-15-17-20,32(23,27-9-3)28-10-4)33(24,29-11-5)30-12-6/h13-17H,7-12,18-19H2,1-6H3. The van der Waals surface area contributed by atoms with Crippen LogP contribution in [0.5, 0.6) is 0 Å². The highest BCUT2D eigenvalue weighted by atomic mass is 31.2. The van der Waals surface area contributed by atoms with Crippen LogP contribution in [-0.2, 0) is 47.3 Å². The third kappa shape index (κ3) is 7.57. The number of hydrogen-bond acceptors (Lipinski definition) is 9. The molecule has 0 heterocycles. The van der Waals surface area contributed by atoms with Crippen molar-refractivity contribution in [2.24, 2.45) is 0 Å². The highest BCUT2D eigenvalue weighted by Gasteiger charge is 2.68. The molecule has 0 aliphatic carbocycles. The van der Waals surface area contributed by atoms with Crippen molar-refractivity contribution in [2.75, 3.05) is 45.8 Å². The first-order valence-electron chi connectivity index (χ1n) is 11.4. The third-order valence-electron chi connectivity index (χ3n) is 4.64. The fourth-order valence-electron chi connectivity index (χ4n) is 3.56. The quantitative estimate of drug-likeness (QED) is 0.192. The maximum Gasteiger partial charge on any atom is 0.349 e. The number of hydrogen-bond donors (Lipinski definition) is 0. The fourth-order valence-corrected chi connectivity index (χ4v) is 12.9. The average Bonchev–Trinajstić information content (AvgIpc) is 2.75. The van der Waals surface area contributed by atoms with Gasteiger partial charge in [-0.3, -0.25) is 13.7 Å². The van der Waals surface area contributed by atoms with E-state index in [1.807, 2.05) is 6.07 Å². The Morgan fingerprint density at radius 1 is 0.606 bits per heavy atom. The van der Waals surface area contributed by atoms with Crippen LogP contribution in [0.2, 0.25) is 0 Å². The van der Waals surface area contributed by atoms with Crippen LogP contribution in [0.1, 0.15) is 47.1 Å². The number of benzene rings is 1. The highest BCUT2D eigenvalue weighted by molar-refractivity contribution is 7.75. The Hall–Kier alpha value is -0.330. The van der Waals surface area contributed by atoms with Gasteiger partial charge in [0, 0.05) is 6.42 Å². The van der Waals surface area contributed by atoms with E-state index in [0.29, 0.717) is 5.56 Å². The van der Waals surface area contributed by atoms with E-state index in [0.717, 1.165) is 0 Å². The Kier molecular flexibility index (Phi) is 13.3. The van der Waals surface area contributed by atoms with E-state index >= 15 is 0 Å². The second kappa shape index (κ2) is 14.3. The van der Waals surface area contributed by atoms with Gasteiger partial charge < -0.3 is 27.1 Å².